The summed E-state index contributed by atoms with van der Waals surface area (Å²) >= 11 is 5.60. The zero-order chi connectivity index (χ0) is 13.9. The molecule has 2 heterocycles. The molecule has 1 N–H and O–H groups in total. The van der Waals surface area contributed by atoms with Crippen LogP contribution >= 0.6 is 12.2 Å². The van der Waals surface area contributed by atoms with E-state index in [1.54, 1.807) is 0 Å². The molecule has 1 saturated heterocycles. The fraction of sp³-hybridized carbons (Fsp3) is 0.562. The summed E-state index contributed by atoms with van der Waals surface area (Å²) in [4.78, 5) is 2.26. The summed E-state index contributed by atoms with van der Waals surface area (Å²) in [5, 5.41) is 4.43. The summed E-state index contributed by atoms with van der Waals surface area (Å²) in [6.07, 6.45) is 3.51. The Morgan fingerprint density at radius 1 is 1.50 bits per heavy atom. The van der Waals surface area contributed by atoms with Crippen LogP contribution < -0.4 is 10.1 Å². The van der Waals surface area contributed by atoms with Crippen molar-refractivity contribution in [2.45, 2.75) is 44.9 Å². The molecule has 0 amide bonds. The van der Waals surface area contributed by atoms with Crippen LogP contribution in [0.1, 0.15) is 43.4 Å². The van der Waals surface area contributed by atoms with Crippen molar-refractivity contribution in [3.63, 3.8) is 0 Å². The summed E-state index contributed by atoms with van der Waals surface area (Å²) in [6, 6.07) is 6.82. The third-order valence-electron chi connectivity index (χ3n) is 5.12. The van der Waals surface area contributed by atoms with Gasteiger partial charge in [-0.3, -0.25) is 0 Å². The van der Waals surface area contributed by atoms with Gasteiger partial charge in [0, 0.05) is 24.4 Å². The van der Waals surface area contributed by atoms with Crippen LogP contribution in [0.25, 0.3) is 0 Å². The Hall–Kier alpha value is -1.29. The second-order valence-corrected chi connectivity index (χ2v) is 6.54. The Bertz CT molecular complexity index is 588. The molecule has 4 rings (SSSR count). The van der Waals surface area contributed by atoms with Gasteiger partial charge in [-0.1, -0.05) is 17.7 Å². The van der Waals surface area contributed by atoms with Crippen molar-refractivity contribution in [1.29, 1.82) is 0 Å². The minimum Gasteiger partial charge on any atom is -0.467 e. The standard InChI is InChI=1S/C16H20N2OS/c1-3-18-15(20)17-14-11-9-10(2)6-7-13(11)19-16(18)8-4-5-12(14)16/h6-7,9,12,14H,3-5,8H2,1-2H3,(H,17,20). The summed E-state index contributed by atoms with van der Waals surface area (Å²) in [5.41, 5.74) is 2.36. The predicted molar refractivity (Wildman–Crippen MR) is 82.7 cm³/mol. The molecular weight excluding hydrogens is 268 g/mol. The van der Waals surface area contributed by atoms with Gasteiger partial charge >= 0.3 is 0 Å². The molecular formula is C16H20N2OS. The molecule has 0 radical (unpaired) electrons. The molecule has 2 aliphatic heterocycles. The molecule has 0 spiro atoms. The van der Waals surface area contributed by atoms with Gasteiger partial charge in [-0.05, 0) is 45.0 Å². The number of thiocarbonyl (C=S) groups is 1. The molecule has 0 aromatic heterocycles. The molecule has 2 bridgehead atoms. The molecule has 3 aliphatic rings. The number of fused-ring (bicyclic) bond motifs is 2. The van der Waals surface area contributed by atoms with Gasteiger partial charge in [0.2, 0.25) is 0 Å². The van der Waals surface area contributed by atoms with Gasteiger partial charge in [0.1, 0.15) is 5.75 Å². The van der Waals surface area contributed by atoms with Crippen molar-refractivity contribution < 1.29 is 4.74 Å². The first-order valence-corrected chi connectivity index (χ1v) is 7.94. The van der Waals surface area contributed by atoms with Gasteiger partial charge in [0.15, 0.2) is 10.8 Å². The average molecular weight is 288 g/mol. The molecule has 3 atom stereocenters. The predicted octanol–water partition coefficient (Wildman–Crippen LogP) is 3.13. The van der Waals surface area contributed by atoms with Crippen LogP contribution in [-0.4, -0.2) is 22.3 Å². The Morgan fingerprint density at radius 2 is 2.35 bits per heavy atom. The van der Waals surface area contributed by atoms with E-state index in [1.807, 2.05) is 0 Å². The van der Waals surface area contributed by atoms with Crippen LogP contribution in [0, 0.1) is 12.8 Å². The Balaban J connectivity index is 1.90. The van der Waals surface area contributed by atoms with Gasteiger partial charge in [-0.25, -0.2) is 0 Å². The Morgan fingerprint density at radius 3 is 3.15 bits per heavy atom. The van der Waals surface area contributed by atoms with Gasteiger partial charge in [0.25, 0.3) is 0 Å². The lowest BCUT2D eigenvalue weighted by atomic mass is 9.80. The largest absolute Gasteiger partial charge is 0.467 e. The van der Waals surface area contributed by atoms with Gasteiger partial charge < -0.3 is 15.0 Å². The molecule has 1 aromatic carbocycles. The number of ether oxygens (including phenoxy) is 1. The first-order valence-electron chi connectivity index (χ1n) is 7.53. The van der Waals surface area contributed by atoms with Crippen LogP contribution in [0.3, 0.4) is 0 Å². The van der Waals surface area contributed by atoms with Crippen LogP contribution in [-0.2, 0) is 0 Å². The van der Waals surface area contributed by atoms with Gasteiger partial charge in [-0.2, -0.15) is 0 Å². The Kier molecular flexibility index (Phi) is 2.56. The highest BCUT2D eigenvalue weighted by atomic mass is 32.1. The molecule has 20 heavy (non-hydrogen) atoms. The highest BCUT2D eigenvalue weighted by Gasteiger charge is 2.59. The fourth-order valence-corrected chi connectivity index (χ4v) is 4.72. The lowest BCUT2D eigenvalue weighted by molar-refractivity contribution is -0.111. The topological polar surface area (TPSA) is 24.5 Å². The first-order chi connectivity index (χ1) is 9.65. The average Bonchev–Trinajstić information content (AvgIpc) is 2.84. The van der Waals surface area contributed by atoms with Crippen molar-refractivity contribution in [2.75, 3.05) is 6.54 Å². The van der Waals surface area contributed by atoms with E-state index in [1.165, 1.54) is 24.0 Å². The molecule has 3 unspecified atom stereocenters. The van der Waals surface area contributed by atoms with Crippen molar-refractivity contribution in [3.05, 3.63) is 29.3 Å². The van der Waals surface area contributed by atoms with E-state index < -0.39 is 0 Å². The fourth-order valence-electron chi connectivity index (χ4n) is 4.31. The van der Waals surface area contributed by atoms with Gasteiger partial charge in [-0.15, -0.1) is 0 Å². The molecule has 1 aromatic rings. The van der Waals surface area contributed by atoms with Crippen molar-refractivity contribution >= 4 is 17.3 Å². The van der Waals surface area contributed by atoms with E-state index in [4.69, 9.17) is 17.0 Å². The van der Waals surface area contributed by atoms with Crippen molar-refractivity contribution in [3.8, 4) is 5.75 Å². The third-order valence-corrected chi connectivity index (χ3v) is 5.45. The van der Waals surface area contributed by atoms with Crippen LogP contribution in [0.2, 0.25) is 0 Å². The lowest BCUT2D eigenvalue weighted by Crippen LogP contribution is -2.68. The number of hydrogen-bond acceptors (Lipinski definition) is 2. The summed E-state index contributed by atoms with van der Waals surface area (Å²) < 4.78 is 6.54. The summed E-state index contributed by atoms with van der Waals surface area (Å²) in [7, 11) is 0. The minimum absolute atomic E-state index is 0.204. The van der Waals surface area contributed by atoms with E-state index >= 15 is 0 Å². The number of hydrogen-bond donors (Lipinski definition) is 1. The maximum absolute atomic E-state index is 6.54. The summed E-state index contributed by atoms with van der Waals surface area (Å²) in [6.45, 7) is 5.19. The van der Waals surface area contributed by atoms with Crippen LogP contribution in [0.4, 0.5) is 0 Å². The van der Waals surface area contributed by atoms with Crippen LogP contribution in [0.15, 0.2) is 18.2 Å². The number of aryl methyl sites for hydroxylation is 1. The molecule has 106 valence electrons. The van der Waals surface area contributed by atoms with Crippen LogP contribution in [0.5, 0.6) is 5.75 Å². The van der Waals surface area contributed by atoms with Crippen molar-refractivity contribution in [2.24, 2.45) is 5.92 Å². The quantitative estimate of drug-likeness (QED) is 0.802. The zero-order valence-electron chi connectivity index (χ0n) is 12.0. The maximum Gasteiger partial charge on any atom is 0.189 e. The van der Waals surface area contributed by atoms with E-state index in [2.05, 4.69) is 42.3 Å². The second kappa shape index (κ2) is 4.10. The first kappa shape index (κ1) is 12.5. The van der Waals surface area contributed by atoms with E-state index in [-0.39, 0.29) is 5.72 Å². The molecule has 1 aliphatic carbocycles. The highest BCUT2D eigenvalue weighted by molar-refractivity contribution is 7.80. The lowest BCUT2D eigenvalue weighted by Gasteiger charge is -2.56. The van der Waals surface area contributed by atoms with Gasteiger partial charge in [0.05, 0.1) is 6.04 Å². The van der Waals surface area contributed by atoms with E-state index in [0.717, 1.165) is 23.8 Å². The summed E-state index contributed by atoms with van der Waals surface area (Å²) in [5.74, 6) is 1.54. The van der Waals surface area contributed by atoms with Crippen molar-refractivity contribution in [1.82, 2.24) is 10.2 Å². The third kappa shape index (κ3) is 1.43. The number of nitrogens with zero attached hydrogens (tertiary/aromatic N) is 1. The van der Waals surface area contributed by atoms with E-state index in [9.17, 15) is 0 Å². The zero-order valence-corrected chi connectivity index (χ0v) is 12.8. The highest BCUT2D eigenvalue weighted by Crippen LogP contribution is 2.55. The molecule has 1 saturated carbocycles. The number of nitrogens with one attached hydrogen (secondary N) is 1. The maximum atomic E-state index is 6.54. The SMILES string of the molecule is CCN1C(=S)NC2c3cc(C)ccc3OC13CCCC23. The number of benzene rings is 1. The monoisotopic (exact) mass is 288 g/mol. The van der Waals surface area contributed by atoms with E-state index in [0.29, 0.717) is 12.0 Å². The molecule has 4 heteroatoms. The molecule has 3 nitrogen and oxygen atoms in total. The Labute approximate surface area is 125 Å². The minimum atomic E-state index is -0.204. The normalized spacial score (nSPS) is 34.1. The number of rotatable bonds is 1. The smallest absolute Gasteiger partial charge is 0.189 e. The molecule has 2 fully saturated rings. The second-order valence-electron chi connectivity index (χ2n) is 6.16.